The van der Waals surface area contributed by atoms with Crippen LogP contribution in [-0.4, -0.2) is 51.3 Å². The molecule has 0 spiro atoms. The third-order valence-corrected chi connectivity index (χ3v) is 5.34. The highest BCUT2D eigenvalue weighted by atomic mass is 32.1. The van der Waals surface area contributed by atoms with Gasteiger partial charge in [0.15, 0.2) is 0 Å². The highest BCUT2D eigenvalue weighted by Gasteiger charge is 2.26. The molecule has 1 aliphatic rings. The Bertz CT molecular complexity index is 985. The van der Waals surface area contributed by atoms with Gasteiger partial charge in [0.1, 0.15) is 23.0 Å². The average molecular weight is 389 g/mol. The Morgan fingerprint density at radius 1 is 1.15 bits per heavy atom. The molecule has 0 atom stereocenters. The van der Waals surface area contributed by atoms with E-state index in [1.807, 2.05) is 24.3 Å². The van der Waals surface area contributed by atoms with Crippen molar-refractivity contribution in [1.29, 1.82) is 0 Å². The van der Waals surface area contributed by atoms with Crippen molar-refractivity contribution in [1.82, 2.24) is 19.2 Å². The molecule has 0 aliphatic carbocycles. The van der Waals surface area contributed by atoms with E-state index < -0.39 is 12.1 Å². The van der Waals surface area contributed by atoms with E-state index in [2.05, 4.69) is 19.2 Å². The van der Waals surface area contributed by atoms with Gasteiger partial charge in [-0.1, -0.05) is 12.1 Å². The highest BCUT2D eigenvalue weighted by Crippen LogP contribution is 2.30. The zero-order valence-electron chi connectivity index (χ0n) is 14.6. The van der Waals surface area contributed by atoms with Gasteiger partial charge in [-0.25, -0.2) is 18.7 Å². The van der Waals surface area contributed by atoms with Gasteiger partial charge < -0.3 is 9.80 Å². The van der Waals surface area contributed by atoms with E-state index in [0.29, 0.717) is 26.2 Å². The molecule has 1 fully saturated rings. The SMILES string of the molecule is Cc1nc(C(=O)N2CCN(c3nsc4ccccc34)CC2)cc(C(F)F)n1. The van der Waals surface area contributed by atoms with E-state index in [-0.39, 0.29) is 17.4 Å². The van der Waals surface area contributed by atoms with Crippen LogP contribution < -0.4 is 4.90 Å². The maximum Gasteiger partial charge on any atom is 0.280 e. The standard InChI is InChI=1S/C18H17F2N5OS/c1-11-21-13(16(19)20)10-14(22-11)18(26)25-8-6-24(7-9-25)17-12-4-2-3-5-15(12)27-23-17/h2-5,10,16H,6-9H2,1H3. The highest BCUT2D eigenvalue weighted by molar-refractivity contribution is 7.13. The molecule has 0 bridgehead atoms. The van der Waals surface area contributed by atoms with Crippen molar-refractivity contribution in [3.05, 3.63) is 47.5 Å². The lowest BCUT2D eigenvalue weighted by atomic mass is 10.2. The summed E-state index contributed by atoms with van der Waals surface area (Å²) in [4.78, 5) is 24.2. The van der Waals surface area contributed by atoms with E-state index in [1.54, 1.807) is 4.90 Å². The van der Waals surface area contributed by atoms with Crippen molar-refractivity contribution in [3.63, 3.8) is 0 Å². The van der Waals surface area contributed by atoms with Crippen LogP contribution in [0.2, 0.25) is 0 Å². The second kappa shape index (κ2) is 7.15. The predicted octanol–water partition coefficient (Wildman–Crippen LogP) is 3.29. The summed E-state index contributed by atoms with van der Waals surface area (Å²) in [5.41, 5.74) is -0.399. The Balaban J connectivity index is 1.48. The third-order valence-electron chi connectivity index (χ3n) is 4.53. The lowest BCUT2D eigenvalue weighted by molar-refractivity contribution is 0.0739. The van der Waals surface area contributed by atoms with Crippen molar-refractivity contribution in [2.45, 2.75) is 13.3 Å². The molecule has 6 nitrogen and oxygen atoms in total. The normalized spacial score (nSPS) is 15.0. The fraction of sp³-hybridized carbons (Fsp3) is 0.333. The van der Waals surface area contributed by atoms with Gasteiger partial charge in [-0.3, -0.25) is 4.79 Å². The first-order valence-corrected chi connectivity index (χ1v) is 9.32. The summed E-state index contributed by atoms with van der Waals surface area (Å²) < 4.78 is 31.6. The lowest BCUT2D eigenvalue weighted by Gasteiger charge is -2.35. The minimum Gasteiger partial charge on any atom is -0.352 e. The van der Waals surface area contributed by atoms with Gasteiger partial charge in [0, 0.05) is 31.6 Å². The Hall–Kier alpha value is -2.68. The number of halogens is 2. The first kappa shape index (κ1) is 17.7. The summed E-state index contributed by atoms with van der Waals surface area (Å²) in [6.07, 6.45) is -2.73. The Labute approximate surface area is 158 Å². The second-order valence-electron chi connectivity index (χ2n) is 6.31. The summed E-state index contributed by atoms with van der Waals surface area (Å²) >= 11 is 1.46. The zero-order valence-corrected chi connectivity index (χ0v) is 15.4. The maximum absolute atomic E-state index is 12.9. The summed E-state index contributed by atoms with van der Waals surface area (Å²) in [7, 11) is 0. The number of fused-ring (bicyclic) bond motifs is 1. The molecular formula is C18H17F2N5OS. The van der Waals surface area contributed by atoms with Crippen LogP contribution in [0, 0.1) is 6.92 Å². The van der Waals surface area contributed by atoms with Crippen LogP contribution in [0.5, 0.6) is 0 Å². The molecule has 140 valence electrons. The van der Waals surface area contributed by atoms with Gasteiger partial charge in [-0.05, 0) is 36.7 Å². The van der Waals surface area contributed by atoms with Gasteiger partial charge in [-0.2, -0.15) is 4.37 Å². The average Bonchev–Trinajstić information content (AvgIpc) is 3.11. The topological polar surface area (TPSA) is 62.2 Å². The number of alkyl halides is 2. The molecule has 0 radical (unpaired) electrons. The van der Waals surface area contributed by atoms with Gasteiger partial charge in [0.05, 0.1) is 4.70 Å². The third kappa shape index (κ3) is 3.46. The first-order chi connectivity index (χ1) is 13.0. The summed E-state index contributed by atoms with van der Waals surface area (Å²) in [5.74, 6) is 0.759. The van der Waals surface area contributed by atoms with E-state index in [1.165, 1.54) is 18.5 Å². The van der Waals surface area contributed by atoms with E-state index in [9.17, 15) is 13.6 Å². The van der Waals surface area contributed by atoms with Gasteiger partial charge in [0.25, 0.3) is 12.3 Å². The number of hydrogen-bond donors (Lipinski definition) is 0. The van der Waals surface area contributed by atoms with Crippen LogP contribution in [0.3, 0.4) is 0 Å². The van der Waals surface area contributed by atoms with Crippen molar-refractivity contribution in [3.8, 4) is 0 Å². The number of aryl methyl sites for hydroxylation is 1. The van der Waals surface area contributed by atoms with Crippen LogP contribution in [-0.2, 0) is 0 Å². The number of carbonyl (C=O) groups excluding carboxylic acids is 1. The fourth-order valence-electron chi connectivity index (χ4n) is 3.20. The minimum atomic E-state index is -2.73. The summed E-state index contributed by atoms with van der Waals surface area (Å²) in [6.45, 7) is 3.74. The number of anilines is 1. The lowest BCUT2D eigenvalue weighted by Crippen LogP contribution is -2.49. The first-order valence-electron chi connectivity index (χ1n) is 8.55. The number of aromatic nitrogens is 3. The molecule has 3 aromatic rings. The number of carbonyl (C=O) groups is 1. The smallest absolute Gasteiger partial charge is 0.280 e. The molecule has 9 heteroatoms. The van der Waals surface area contributed by atoms with E-state index >= 15 is 0 Å². The molecule has 0 N–H and O–H groups in total. The van der Waals surface area contributed by atoms with Gasteiger partial charge >= 0.3 is 0 Å². The Morgan fingerprint density at radius 3 is 2.63 bits per heavy atom. The van der Waals surface area contributed by atoms with Crippen molar-refractivity contribution < 1.29 is 13.6 Å². The maximum atomic E-state index is 12.9. The summed E-state index contributed by atoms with van der Waals surface area (Å²) in [5, 5.41) is 1.11. The molecular weight excluding hydrogens is 372 g/mol. The monoisotopic (exact) mass is 389 g/mol. The number of piperazine rings is 1. The van der Waals surface area contributed by atoms with E-state index in [4.69, 9.17) is 0 Å². The summed E-state index contributed by atoms with van der Waals surface area (Å²) in [6, 6.07) is 9.13. The molecule has 1 saturated heterocycles. The number of nitrogens with zero attached hydrogens (tertiary/aromatic N) is 5. The molecule has 1 amide bonds. The molecule has 1 aromatic carbocycles. The largest absolute Gasteiger partial charge is 0.352 e. The fourth-order valence-corrected chi connectivity index (χ4v) is 3.99. The molecule has 3 heterocycles. The van der Waals surface area contributed by atoms with Crippen LogP contribution in [0.15, 0.2) is 30.3 Å². The van der Waals surface area contributed by atoms with Crippen molar-refractivity contribution in [2.24, 2.45) is 0 Å². The number of amides is 1. The molecule has 27 heavy (non-hydrogen) atoms. The molecule has 0 unspecified atom stereocenters. The molecule has 2 aromatic heterocycles. The van der Waals surface area contributed by atoms with E-state index in [0.717, 1.165) is 22.0 Å². The predicted molar refractivity (Wildman–Crippen MR) is 99.5 cm³/mol. The Morgan fingerprint density at radius 2 is 1.89 bits per heavy atom. The van der Waals surface area contributed by atoms with Crippen LogP contribution in [0.25, 0.3) is 10.1 Å². The van der Waals surface area contributed by atoms with Crippen molar-refractivity contribution >= 4 is 33.3 Å². The number of rotatable bonds is 3. The number of benzene rings is 1. The Kier molecular flexibility index (Phi) is 4.69. The zero-order chi connectivity index (χ0) is 19.0. The molecule has 4 rings (SSSR count). The van der Waals surface area contributed by atoms with Gasteiger partial charge in [-0.15, -0.1) is 0 Å². The minimum absolute atomic E-state index is 0.0189. The quantitative estimate of drug-likeness (QED) is 0.688. The number of hydrogen-bond acceptors (Lipinski definition) is 6. The second-order valence-corrected chi connectivity index (χ2v) is 7.11. The molecule has 1 aliphatic heterocycles. The molecule has 0 saturated carbocycles. The van der Waals surface area contributed by atoms with Crippen molar-refractivity contribution in [2.75, 3.05) is 31.1 Å². The van der Waals surface area contributed by atoms with Gasteiger partial charge in [0.2, 0.25) is 0 Å². The van der Waals surface area contributed by atoms with Crippen LogP contribution in [0.1, 0.15) is 28.4 Å². The van der Waals surface area contributed by atoms with Crippen LogP contribution >= 0.6 is 11.5 Å². The van der Waals surface area contributed by atoms with Crippen LogP contribution in [0.4, 0.5) is 14.6 Å².